The highest BCUT2D eigenvalue weighted by atomic mass is 19.1. The zero-order valence-corrected chi connectivity index (χ0v) is 19.3. The molecule has 0 spiro atoms. The zero-order chi connectivity index (χ0) is 24.4. The van der Waals surface area contributed by atoms with E-state index in [0.717, 1.165) is 43.6 Å². The van der Waals surface area contributed by atoms with Gasteiger partial charge in [0, 0.05) is 25.2 Å². The minimum atomic E-state index is -0.532. The standard InChI is InChI=1S/C27H27F2N3O3/c28-22-7-3-18(4-8-22)26(33)32(14-13-31-11-1-2-12-31)17-21-15-19(5-9-23(21)29)20-6-10-24-25(16-20)35-27(34)30-24/h3,5-10,15-16,18H,1-2,4,11-14,17H2,(H,30,34). The molecule has 2 aromatic carbocycles. The number of H-pyrrole nitrogens is 1. The number of amides is 1. The van der Waals surface area contributed by atoms with Gasteiger partial charge < -0.3 is 14.2 Å². The summed E-state index contributed by atoms with van der Waals surface area (Å²) in [5, 5.41) is 0. The summed E-state index contributed by atoms with van der Waals surface area (Å²) in [7, 11) is 0. The second-order valence-corrected chi connectivity index (χ2v) is 9.13. The number of oxazole rings is 1. The molecular weight excluding hydrogens is 452 g/mol. The van der Waals surface area contributed by atoms with Gasteiger partial charge in [-0.05, 0) is 79.9 Å². The molecule has 1 fully saturated rings. The van der Waals surface area contributed by atoms with Crippen LogP contribution in [0.15, 0.2) is 69.7 Å². The van der Waals surface area contributed by atoms with E-state index in [2.05, 4.69) is 9.88 Å². The number of nitrogens with zero attached hydrogens (tertiary/aromatic N) is 2. The number of allylic oxidation sites excluding steroid dienone is 3. The topological polar surface area (TPSA) is 69.6 Å². The largest absolute Gasteiger partial charge is 0.417 e. The Kier molecular flexibility index (Phi) is 6.63. The molecule has 2 aliphatic rings. The van der Waals surface area contributed by atoms with Crippen LogP contribution in [-0.4, -0.2) is 46.9 Å². The molecular formula is C27H27F2N3O3. The Bertz CT molecular complexity index is 1350. The van der Waals surface area contributed by atoms with E-state index in [-0.39, 0.29) is 18.3 Å². The van der Waals surface area contributed by atoms with Crippen molar-refractivity contribution in [1.29, 1.82) is 0 Å². The Labute approximate surface area is 201 Å². The molecule has 1 aliphatic carbocycles. The minimum absolute atomic E-state index is 0.115. The highest BCUT2D eigenvalue weighted by molar-refractivity contribution is 5.82. The third-order valence-corrected chi connectivity index (χ3v) is 6.73. The third kappa shape index (κ3) is 5.27. The van der Waals surface area contributed by atoms with Crippen LogP contribution in [0.25, 0.3) is 22.2 Å². The minimum Gasteiger partial charge on any atom is -0.408 e. The first-order valence-corrected chi connectivity index (χ1v) is 11.9. The lowest BCUT2D eigenvalue weighted by atomic mass is 9.98. The molecule has 5 rings (SSSR count). The van der Waals surface area contributed by atoms with E-state index in [1.807, 2.05) is 6.07 Å². The molecule has 1 amide bonds. The first kappa shape index (κ1) is 23.2. The monoisotopic (exact) mass is 479 g/mol. The highest BCUT2D eigenvalue weighted by Crippen LogP contribution is 2.27. The van der Waals surface area contributed by atoms with Gasteiger partial charge in [0.1, 0.15) is 11.6 Å². The summed E-state index contributed by atoms with van der Waals surface area (Å²) in [6.07, 6.45) is 6.91. The summed E-state index contributed by atoms with van der Waals surface area (Å²) in [5.74, 6) is -1.86. The molecule has 0 radical (unpaired) electrons. The number of benzene rings is 2. The van der Waals surface area contributed by atoms with E-state index in [0.29, 0.717) is 29.6 Å². The van der Waals surface area contributed by atoms with E-state index in [4.69, 9.17) is 4.42 Å². The highest BCUT2D eigenvalue weighted by Gasteiger charge is 2.25. The molecule has 2 heterocycles. The smallest absolute Gasteiger partial charge is 0.408 e. The zero-order valence-electron chi connectivity index (χ0n) is 19.3. The Morgan fingerprint density at radius 2 is 1.89 bits per heavy atom. The lowest BCUT2D eigenvalue weighted by Crippen LogP contribution is -2.40. The normalized spacial score (nSPS) is 18.2. The number of fused-ring (bicyclic) bond motifs is 1. The quantitative estimate of drug-likeness (QED) is 0.530. The van der Waals surface area contributed by atoms with Crippen molar-refractivity contribution in [2.24, 2.45) is 5.92 Å². The molecule has 1 aliphatic heterocycles. The van der Waals surface area contributed by atoms with Crippen LogP contribution in [0.4, 0.5) is 8.78 Å². The lowest BCUT2D eigenvalue weighted by Gasteiger charge is -2.29. The molecule has 1 aromatic heterocycles. The van der Waals surface area contributed by atoms with Gasteiger partial charge in [-0.2, -0.15) is 0 Å². The molecule has 35 heavy (non-hydrogen) atoms. The maximum absolute atomic E-state index is 14.9. The summed E-state index contributed by atoms with van der Waals surface area (Å²) >= 11 is 0. The number of carbonyl (C=O) groups excluding carboxylic acids is 1. The van der Waals surface area contributed by atoms with E-state index >= 15 is 0 Å². The molecule has 1 unspecified atom stereocenters. The van der Waals surface area contributed by atoms with Crippen molar-refractivity contribution >= 4 is 17.0 Å². The summed E-state index contributed by atoms with van der Waals surface area (Å²) in [6, 6.07) is 10.1. The Morgan fingerprint density at radius 1 is 1.11 bits per heavy atom. The number of hydrogen-bond acceptors (Lipinski definition) is 4. The van der Waals surface area contributed by atoms with E-state index in [9.17, 15) is 18.4 Å². The van der Waals surface area contributed by atoms with Crippen molar-refractivity contribution in [3.63, 3.8) is 0 Å². The molecule has 1 N–H and O–H groups in total. The van der Waals surface area contributed by atoms with E-state index in [1.54, 1.807) is 35.2 Å². The van der Waals surface area contributed by atoms with Gasteiger partial charge in [0.05, 0.1) is 11.4 Å². The first-order chi connectivity index (χ1) is 17.0. The fraction of sp³-hybridized carbons (Fsp3) is 0.333. The maximum atomic E-state index is 14.9. The van der Waals surface area contributed by atoms with Crippen molar-refractivity contribution < 1.29 is 18.0 Å². The van der Waals surface area contributed by atoms with Crippen molar-refractivity contribution in [1.82, 2.24) is 14.8 Å². The Hall–Kier alpha value is -3.52. The van der Waals surface area contributed by atoms with Crippen molar-refractivity contribution in [2.45, 2.75) is 25.8 Å². The van der Waals surface area contributed by atoms with Gasteiger partial charge in [-0.1, -0.05) is 18.2 Å². The van der Waals surface area contributed by atoms with E-state index in [1.165, 1.54) is 18.2 Å². The average molecular weight is 480 g/mol. The van der Waals surface area contributed by atoms with Gasteiger partial charge in [0.15, 0.2) is 5.58 Å². The van der Waals surface area contributed by atoms with Crippen molar-refractivity contribution in [3.8, 4) is 11.1 Å². The number of rotatable bonds is 7. The van der Waals surface area contributed by atoms with Crippen LogP contribution in [0.1, 0.15) is 24.8 Å². The van der Waals surface area contributed by atoms with Gasteiger partial charge in [0.2, 0.25) is 5.91 Å². The van der Waals surface area contributed by atoms with Gasteiger partial charge in [0.25, 0.3) is 0 Å². The SMILES string of the molecule is O=C(C1C=CC(F)=CC1)N(CCN1CCCC1)Cc1cc(-c2ccc3[nH]c(=O)oc3c2)ccc1F. The van der Waals surface area contributed by atoms with Gasteiger partial charge in [-0.15, -0.1) is 0 Å². The van der Waals surface area contributed by atoms with Gasteiger partial charge in [-0.3, -0.25) is 9.78 Å². The van der Waals surface area contributed by atoms with Crippen LogP contribution < -0.4 is 5.76 Å². The second kappa shape index (κ2) is 10.00. The molecule has 0 bridgehead atoms. The molecule has 8 heteroatoms. The second-order valence-electron chi connectivity index (χ2n) is 9.13. The lowest BCUT2D eigenvalue weighted by molar-refractivity contribution is -0.134. The van der Waals surface area contributed by atoms with Crippen LogP contribution >= 0.6 is 0 Å². The number of aromatic nitrogens is 1. The third-order valence-electron chi connectivity index (χ3n) is 6.73. The van der Waals surface area contributed by atoms with Crippen LogP contribution in [0.3, 0.4) is 0 Å². The molecule has 0 saturated carbocycles. The van der Waals surface area contributed by atoms with Crippen molar-refractivity contribution in [3.05, 3.63) is 82.4 Å². The fourth-order valence-corrected chi connectivity index (χ4v) is 4.75. The summed E-state index contributed by atoms with van der Waals surface area (Å²) < 4.78 is 33.5. The Morgan fingerprint density at radius 3 is 2.66 bits per heavy atom. The predicted octanol–water partition coefficient (Wildman–Crippen LogP) is 4.78. The van der Waals surface area contributed by atoms with Crippen LogP contribution in [-0.2, 0) is 11.3 Å². The fourth-order valence-electron chi connectivity index (χ4n) is 4.75. The summed E-state index contributed by atoms with van der Waals surface area (Å²) in [6.45, 7) is 3.31. The van der Waals surface area contributed by atoms with Crippen LogP contribution in [0.2, 0.25) is 0 Å². The summed E-state index contributed by atoms with van der Waals surface area (Å²) in [4.78, 5) is 31.4. The van der Waals surface area contributed by atoms with Gasteiger partial charge >= 0.3 is 5.76 Å². The Balaban J connectivity index is 1.40. The number of likely N-dealkylation sites (tertiary alicyclic amines) is 1. The maximum Gasteiger partial charge on any atom is 0.417 e. The number of hydrogen-bond donors (Lipinski definition) is 1. The van der Waals surface area contributed by atoms with Crippen LogP contribution in [0.5, 0.6) is 0 Å². The summed E-state index contributed by atoms with van der Waals surface area (Å²) in [5.41, 5.74) is 2.93. The predicted molar refractivity (Wildman–Crippen MR) is 130 cm³/mol. The van der Waals surface area contributed by atoms with Crippen LogP contribution in [0, 0.1) is 11.7 Å². The van der Waals surface area contributed by atoms with E-state index < -0.39 is 17.5 Å². The van der Waals surface area contributed by atoms with Gasteiger partial charge in [-0.25, -0.2) is 13.6 Å². The average Bonchev–Trinajstić information content (AvgIpc) is 3.51. The van der Waals surface area contributed by atoms with Crippen molar-refractivity contribution in [2.75, 3.05) is 26.2 Å². The first-order valence-electron chi connectivity index (χ1n) is 11.9. The molecule has 3 aromatic rings. The number of halogens is 2. The number of aromatic amines is 1. The molecule has 182 valence electrons. The molecule has 1 saturated heterocycles. The number of nitrogens with one attached hydrogen (secondary N) is 1. The number of carbonyl (C=O) groups is 1. The molecule has 1 atom stereocenters. The molecule has 6 nitrogen and oxygen atoms in total.